The first-order valence-electron chi connectivity index (χ1n) is 8.40. The molecule has 0 atom stereocenters. The Morgan fingerprint density at radius 3 is 2.69 bits per heavy atom. The van der Waals surface area contributed by atoms with Crippen molar-refractivity contribution < 1.29 is 0 Å². The van der Waals surface area contributed by atoms with Crippen LogP contribution < -0.4 is 5.32 Å². The van der Waals surface area contributed by atoms with Crippen molar-refractivity contribution in [2.45, 2.75) is 13.8 Å². The molecule has 4 aromatic heterocycles. The van der Waals surface area contributed by atoms with Crippen molar-refractivity contribution in [3.05, 3.63) is 66.4 Å². The number of aromatic nitrogens is 5. The second-order valence-corrected chi connectivity index (χ2v) is 6.39. The van der Waals surface area contributed by atoms with Gasteiger partial charge < -0.3 is 5.32 Å². The smallest absolute Gasteiger partial charge is 0.167 e. The fourth-order valence-electron chi connectivity index (χ4n) is 3.19. The molecule has 0 fully saturated rings. The second-order valence-electron chi connectivity index (χ2n) is 6.39. The summed E-state index contributed by atoms with van der Waals surface area (Å²) in [5, 5.41) is 4.54. The molecular formula is C20H16N6. The van der Waals surface area contributed by atoms with Crippen LogP contribution in [0, 0.1) is 13.8 Å². The third kappa shape index (κ3) is 2.19. The molecule has 4 heterocycles. The van der Waals surface area contributed by atoms with E-state index in [1.807, 2.05) is 16.7 Å². The molecule has 0 spiro atoms. The van der Waals surface area contributed by atoms with Crippen LogP contribution >= 0.6 is 0 Å². The summed E-state index contributed by atoms with van der Waals surface area (Å²) >= 11 is 0. The zero-order chi connectivity index (χ0) is 17.7. The van der Waals surface area contributed by atoms with Gasteiger partial charge in [0.1, 0.15) is 5.52 Å². The maximum atomic E-state index is 4.77. The number of imidazole rings is 1. The number of hydrogen-bond acceptors (Lipinski definition) is 5. The number of rotatable bonds is 2. The highest BCUT2D eigenvalue weighted by molar-refractivity contribution is 6.07. The monoisotopic (exact) mass is 340 g/mol. The van der Waals surface area contributed by atoms with Crippen LogP contribution in [0.3, 0.4) is 0 Å². The van der Waals surface area contributed by atoms with E-state index in [1.54, 1.807) is 24.8 Å². The lowest BCUT2D eigenvalue weighted by molar-refractivity contribution is 1.13. The van der Waals surface area contributed by atoms with Gasteiger partial charge in [0.05, 0.1) is 23.6 Å². The minimum atomic E-state index is 0.765. The van der Waals surface area contributed by atoms with Crippen molar-refractivity contribution in [3.8, 4) is 0 Å². The largest absolute Gasteiger partial charge is 0.353 e. The normalized spacial score (nSPS) is 11.5. The molecular weight excluding hydrogens is 324 g/mol. The summed E-state index contributed by atoms with van der Waals surface area (Å²) in [6.07, 6.45) is 8.91. The molecule has 0 saturated heterocycles. The highest BCUT2D eigenvalue weighted by Crippen LogP contribution is 2.33. The van der Waals surface area contributed by atoms with E-state index in [0.717, 1.165) is 39.1 Å². The fourth-order valence-corrected chi connectivity index (χ4v) is 3.19. The zero-order valence-corrected chi connectivity index (χ0v) is 14.4. The lowest BCUT2D eigenvalue weighted by Crippen LogP contribution is -1.97. The molecule has 0 aliphatic heterocycles. The Hall–Kier alpha value is -3.54. The first-order chi connectivity index (χ1) is 12.7. The van der Waals surface area contributed by atoms with Crippen LogP contribution in [-0.4, -0.2) is 24.3 Å². The fraction of sp³-hybridized carbons (Fsp3) is 0.100. The van der Waals surface area contributed by atoms with Gasteiger partial charge in [-0.2, -0.15) is 0 Å². The van der Waals surface area contributed by atoms with E-state index >= 15 is 0 Å². The van der Waals surface area contributed by atoms with Crippen LogP contribution in [0.4, 0.5) is 11.4 Å². The van der Waals surface area contributed by atoms with Gasteiger partial charge >= 0.3 is 0 Å². The number of anilines is 2. The van der Waals surface area contributed by atoms with Crippen LogP contribution in [0.5, 0.6) is 0 Å². The summed E-state index contributed by atoms with van der Waals surface area (Å²) in [6.45, 7) is 4.22. The lowest BCUT2D eigenvalue weighted by atomic mass is 10.1. The van der Waals surface area contributed by atoms with Crippen LogP contribution in [0.15, 0.2) is 55.2 Å². The number of nitrogens with zero attached hydrogens (tertiary/aromatic N) is 5. The average Bonchev–Trinajstić information content (AvgIpc) is 3.03. The minimum absolute atomic E-state index is 0.765. The zero-order valence-electron chi connectivity index (χ0n) is 14.4. The van der Waals surface area contributed by atoms with Gasteiger partial charge in [-0.1, -0.05) is 6.07 Å². The first-order valence-corrected chi connectivity index (χ1v) is 8.40. The summed E-state index contributed by atoms with van der Waals surface area (Å²) in [5.41, 5.74) is 7.65. The number of nitrogens with one attached hydrogen (secondary N) is 1. The standard InChI is InChI=1S/C20H16N6/c1-12-3-4-14(9-13(12)2)23-18-15-5-6-21-10-16(15)24-20-19(18)25-17-11-22-7-8-26(17)20/h3-11H,1-2H3,(H,23,24). The van der Waals surface area contributed by atoms with Gasteiger partial charge in [0.2, 0.25) is 0 Å². The lowest BCUT2D eigenvalue weighted by Gasteiger charge is -2.12. The van der Waals surface area contributed by atoms with Crippen molar-refractivity contribution in [2.24, 2.45) is 0 Å². The van der Waals surface area contributed by atoms with E-state index in [-0.39, 0.29) is 0 Å². The molecule has 0 saturated carbocycles. The molecule has 0 amide bonds. The van der Waals surface area contributed by atoms with E-state index in [4.69, 9.17) is 9.97 Å². The van der Waals surface area contributed by atoms with Crippen LogP contribution in [0.25, 0.3) is 27.7 Å². The predicted molar refractivity (Wildman–Crippen MR) is 103 cm³/mol. The van der Waals surface area contributed by atoms with E-state index in [2.05, 4.69) is 47.3 Å². The summed E-state index contributed by atoms with van der Waals surface area (Å²) in [6, 6.07) is 8.31. The van der Waals surface area contributed by atoms with Crippen molar-refractivity contribution >= 4 is 39.1 Å². The van der Waals surface area contributed by atoms with E-state index in [9.17, 15) is 0 Å². The van der Waals surface area contributed by atoms with E-state index < -0.39 is 0 Å². The Bertz CT molecular complexity index is 1290. The quantitative estimate of drug-likeness (QED) is 0.522. The number of hydrogen-bond donors (Lipinski definition) is 1. The molecule has 26 heavy (non-hydrogen) atoms. The van der Waals surface area contributed by atoms with Crippen LogP contribution in [-0.2, 0) is 0 Å². The predicted octanol–water partition coefficient (Wildman–Crippen LogP) is 4.19. The average molecular weight is 340 g/mol. The van der Waals surface area contributed by atoms with E-state index in [0.29, 0.717) is 0 Å². The van der Waals surface area contributed by atoms with Crippen LogP contribution in [0.2, 0.25) is 0 Å². The Morgan fingerprint density at radius 2 is 1.81 bits per heavy atom. The highest BCUT2D eigenvalue weighted by atomic mass is 15.1. The van der Waals surface area contributed by atoms with Gasteiger partial charge in [-0.25, -0.2) is 9.97 Å². The Labute approximate surface area is 149 Å². The summed E-state index contributed by atoms with van der Waals surface area (Å²) in [7, 11) is 0. The van der Waals surface area contributed by atoms with Crippen molar-refractivity contribution in [1.82, 2.24) is 24.3 Å². The first kappa shape index (κ1) is 14.8. The molecule has 5 rings (SSSR count). The third-order valence-electron chi connectivity index (χ3n) is 4.71. The molecule has 0 aliphatic rings. The van der Waals surface area contributed by atoms with Crippen molar-refractivity contribution in [3.63, 3.8) is 0 Å². The highest BCUT2D eigenvalue weighted by Gasteiger charge is 2.15. The molecule has 6 heteroatoms. The Morgan fingerprint density at radius 1 is 0.923 bits per heavy atom. The molecule has 0 bridgehead atoms. The van der Waals surface area contributed by atoms with Gasteiger partial charge in [-0.3, -0.25) is 14.4 Å². The number of fused-ring (bicyclic) bond motifs is 4. The molecule has 0 aliphatic carbocycles. The molecule has 0 radical (unpaired) electrons. The molecule has 1 aromatic carbocycles. The van der Waals surface area contributed by atoms with E-state index in [1.165, 1.54) is 11.1 Å². The second kappa shape index (κ2) is 5.49. The van der Waals surface area contributed by atoms with Gasteiger partial charge in [0.15, 0.2) is 11.3 Å². The Kier molecular flexibility index (Phi) is 3.12. The van der Waals surface area contributed by atoms with Crippen molar-refractivity contribution in [1.29, 1.82) is 0 Å². The third-order valence-corrected chi connectivity index (χ3v) is 4.71. The van der Waals surface area contributed by atoms with Gasteiger partial charge in [0.25, 0.3) is 0 Å². The number of pyridine rings is 2. The molecule has 6 nitrogen and oxygen atoms in total. The summed E-state index contributed by atoms with van der Waals surface area (Å²) in [5.74, 6) is 0. The summed E-state index contributed by atoms with van der Waals surface area (Å²) < 4.78 is 1.94. The molecule has 1 N–H and O–H groups in total. The topological polar surface area (TPSA) is 68.0 Å². The van der Waals surface area contributed by atoms with Gasteiger partial charge in [-0.05, 0) is 43.2 Å². The van der Waals surface area contributed by atoms with Gasteiger partial charge in [0, 0.05) is 29.7 Å². The molecule has 126 valence electrons. The molecule has 0 unspecified atom stereocenters. The SMILES string of the molecule is Cc1ccc(Nc2c3ccncc3nc3c2nc2cnccn23)cc1C. The minimum Gasteiger partial charge on any atom is -0.353 e. The van der Waals surface area contributed by atoms with Gasteiger partial charge in [-0.15, -0.1) is 0 Å². The molecule has 5 aromatic rings. The maximum absolute atomic E-state index is 4.77. The summed E-state index contributed by atoms with van der Waals surface area (Å²) in [4.78, 5) is 17.9. The number of aryl methyl sites for hydroxylation is 2. The van der Waals surface area contributed by atoms with Crippen molar-refractivity contribution in [2.75, 3.05) is 5.32 Å². The maximum Gasteiger partial charge on any atom is 0.167 e. The van der Waals surface area contributed by atoms with Crippen LogP contribution in [0.1, 0.15) is 11.1 Å². The Balaban J connectivity index is 1.83. The number of benzene rings is 1.